The van der Waals surface area contributed by atoms with Gasteiger partial charge in [0.15, 0.2) is 0 Å². The first kappa shape index (κ1) is 15.1. The zero-order chi connectivity index (χ0) is 11.0. The molecule has 0 aromatic carbocycles. The summed E-state index contributed by atoms with van der Waals surface area (Å²) in [6, 6.07) is 0.139. The molecule has 0 saturated heterocycles. The molecule has 0 aliphatic heterocycles. The van der Waals surface area contributed by atoms with Gasteiger partial charge in [-0.05, 0) is 25.7 Å². The van der Waals surface area contributed by atoms with Gasteiger partial charge in [0.2, 0.25) is 6.43 Å². The van der Waals surface area contributed by atoms with Gasteiger partial charge in [0.1, 0.15) is 0 Å². The van der Waals surface area contributed by atoms with Gasteiger partial charge in [-0.25, -0.2) is 8.78 Å². The Kier molecular flexibility index (Phi) is 4.96. The monoisotopic (exact) mass is 242 g/mol. The van der Waals surface area contributed by atoms with Crippen molar-refractivity contribution in [2.45, 2.75) is 57.5 Å². The Morgan fingerprint density at radius 3 is 2.00 bits per heavy atom. The van der Waals surface area contributed by atoms with Crippen LogP contribution >= 0.6 is 12.4 Å². The van der Waals surface area contributed by atoms with Gasteiger partial charge in [0.05, 0.1) is 0 Å². The summed E-state index contributed by atoms with van der Waals surface area (Å²) in [6.07, 6.45) is 0.345. The van der Waals surface area contributed by atoms with Crippen molar-refractivity contribution in [1.82, 2.24) is 0 Å². The maximum atomic E-state index is 12.8. The first-order chi connectivity index (χ1) is 6.29. The van der Waals surface area contributed by atoms with E-state index in [1.807, 2.05) is 0 Å². The van der Waals surface area contributed by atoms with E-state index < -0.39 is 17.4 Å². The Morgan fingerprint density at radius 1 is 1.27 bits per heavy atom. The SMILES string of the molecule is CC(C)(C(F)F)C1(N)CCC(N)CC1.Cl. The molecule has 1 saturated carbocycles. The van der Waals surface area contributed by atoms with Crippen molar-refractivity contribution < 1.29 is 8.78 Å². The van der Waals surface area contributed by atoms with Crippen LogP contribution in [0.3, 0.4) is 0 Å². The molecule has 4 N–H and O–H groups in total. The van der Waals surface area contributed by atoms with Crippen LogP contribution in [0.2, 0.25) is 0 Å². The number of hydrogen-bond donors (Lipinski definition) is 2. The van der Waals surface area contributed by atoms with Crippen molar-refractivity contribution in [1.29, 1.82) is 0 Å². The first-order valence-corrected chi connectivity index (χ1v) is 5.12. The van der Waals surface area contributed by atoms with Gasteiger partial charge in [0.25, 0.3) is 0 Å². The van der Waals surface area contributed by atoms with Crippen molar-refractivity contribution in [3.05, 3.63) is 0 Å². The number of alkyl halides is 2. The predicted octanol–water partition coefficient (Wildman–Crippen LogP) is 2.30. The minimum atomic E-state index is -2.37. The standard InChI is InChI=1S/C10H20F2N2.ClH/c1-9(2,8(11)12)10(14)5-3-7(13)4-6-10;/h7-8H,3-6,13-14H2,1-2H3;1H. The minimum Gasteiger partial charge on any atom is -0.328 e. The molecule has 0 aromatic heterocycles. The summed E-state index contributed by atoms with van der Waals surface area (Å²) in [6.45, 7) is 3.10. The smallest absolute Gasteiger partial charge is 0.245 e. The van der Waals surface area contributed by atoms with Crippen molar-refractivity contribution in [3.63, 3.8) is 0 Å². The number of hydrogen-bond acceptors (Lipinski definition) is 2. The molecule has 0 bridgehead atoms. The Labute approximate surface area is 96.2 Å². The summed E-state index contributed by atoms with van der Waals surface area (Å²) >= 11 is 0. The molecule has 0 heterocycles. The van der Waals surface area contributed by atoms with E-state index in [1.54, 1.807) is 13.8 Å². The Hall–Kier alpha value is 0.0700. The van der Waals surface area contributed by atoms with Gasteiger partial charge in [-0.3, -0.25) is 0 Å². The molecule has 0 unspecified atom stereocenters. The van der Waals surface area contributed by atoms with Crippen LogP contribution in [0.5, 0.6) is 0 Å². The molecule has 15 heavy (non-hydrogen) atoms. The average Bonchev–Trinajstić information content (AvgIpc) is 2.10. The van der Waals surface area contributed by atoms with Crippen molar-refractivity contribution in [3.8, 4) is 0 Å². The molecular weight excluding hydrogens is 222 g/mol. The quantitative estimate of drug-likeness (QED) is 0.781. The lowest BCUT2D eigenvalue weighted by Crippen LogP contribution is -2.58. The van der Waals surface area contributed by atoms with Gasteiger partial charge < -0.3 is 11.5 Å². The topological polar surface area (TPSA) is 52.0 Å². The zero-order valence-corrected chi connectivity index (χ0v) is 10.1. The molecule has 1 rings (SSSR count). The number of rotatable bonds is 2. The third-order valence-corrected chi connectivity index (χ3v) is 3.75. The van der Waals surface area contributed by atoms with Crippen LogP contribution in [-0.4, -0.2) is 18.0 Å². The molecule has 2 nitrogen and oxygen atoms in total. The second-order valence-electron chi connectivity index (χ2n) is 5.02. The van der Waals surface area contributed by atoms with Crippen LogP contribution in [0.15, 0.2) is 0 Å². The van der Waals surface area contributed by atoms with E-state index >= 15 is 0 Å². The lowest BCUT2D eigenvalue weighted by Gasteiger charge is -2.47. The van der Waals surface area contributed by atoms with Crippen molar-refractivity contribution >= 4 is 12.4 Å². The van der Waals surface area contributed by atoms with E-state index in [4.69, 9.17) is 11.5 Å². The molecule has 92 valence electrons. The predicted molar refractivity (Wildman–Crippen MR) is 60.4 cm³/mol. The molecule has 1 aliphatic carbocycles. The van der Waals surface area contributed by atoms with Gasteiger partial charge in [0, 0.05) is 17.0 Å². The maximum Gasteiger partial charge on any atom is 0.245 e. The third-order valence-electron chi connectivity index (χ3n) is 3.75. The van der Waals surface area contributed by atoms with E-state index in [-0.39, 0.29) is 18.4 Å². The molecule has 5 heteroatoms. The fraction of sp³-hybridized carbons (Fsp3) is 1.00. The lowest BCUT2D eigenvalue weighted by molar-refractivity contribution is -0.0488. The highest BCUT2D eigenvalue weighted by Gasteiger charge is 2.49. The Morgan fingerprint density at radius 2 is 1.67 bits per heavy atom. The second-order valence-corrected chi connectivity index (χ2v) is 5.02. The molecule has 0 aromatic rings. The molecule has 1 fully saturated rings. The Balaban J connectivity index is 0.00000196. The molecule has 1 aliphatic rings. The molecule has 0 radical (unpaired) electrons. The maximum absolute atomic E-state index is 12.8. The Bertz CT molecular complexity index is 202. The van der Waals surface area contributed by atoms with E-state index in [2.05, 4.69) is 0 Å². The number of halogens is 3. The highest BCUT2D eigenvalue weighted by molar-refractivity contribution is 5.85. The normalized spacial score (nSPS) is 32.6. The molecule has 0 atom stereocenters. The van der Waals surface area contributed by atoms with E-state index in [9.17, 15) is 8.78 Å². The number of nitrogens with two attached hydrogens (primary N) is 2. The highest BCUT2D eigenvalue weighted by Crippen LogP contribution is 2.43. The van der Waals surface area contributed by atoms with Gasteiger partial charge in [-0.2, -0.15) is 0 Å². The van der Waals surface area contributed by atoms with E-state index in [1.165, 1.54) is 0 Å². The molecular formula is C10H21ClF2N2. The first-order valence-electron chi connectivity index (χ1n) is 5.12. The zero-order valence-electron chi connectivity index (χ0n) is 9.30. The van der Waals surface area contributed by atoms with Gasteiger partial charge >= 0.3 is 0 Å². The summed E-state index contributed by atoms with van der Waals surface area (Å²) in [5.74, 6) is 0. The van der Waals surface area contributed by atoms with Crippen LogP contribution in [0.1, 0.15) is 39.5 Å². The van der Waals surface area contributed by atoms with Crippen LogP contribution in [-0.2, 0) is 0 Å². The van der Waals surface area contributed by atoms with Crippen LogP contribution in [0.25, 0.3) is 0 Å². The van der Waals surface area contributed by atoms with Crippen molar-refractivity contribution in [2.75, 3.05) is 0 Å². The summed E-state index contributed by atoms with van der Waals surface area (Å²) in [7, 11) is 0. The second kappa shape index (κ2) is 4.93. The summed E-state index contributed by atoms with van der Waals surface area (Å²) in [5, 5.41) is 0. The molecule has 0 amide bonds. The largest absolute Gasteiger partial charge is 0.328 e. The summed E-state index contributed by atoms with van der Waals surface area (Å²) < 4.78 is 25.7. The summed E-state index contributed by atoms with van der Waals surface area (Å²) in [5.41, 5.74) is 9.93. The van der Waals surface area contributed by atoms with Gasteiger partial charge in [-0.1, -0.05) is 13.8 Å². The lowest BCUT2D eigenvalue weighted by atomic mass is 9.64. The summed E-state index contributed by atoms with van der Waals surface area (Å²) in [4.78, 5) is 0. The highest BCUT2D eigenvalue weighted by atomic mass is 35.5. The molecule has 0 spiro atoms. The fourth-order valence-corrected chi connectivity index (χ4v) is 2.02. The van der Waals surface area contributed by atoms with Crippen LogP contribution in [0, 0.1) is 5.41 Å². The van der Waals surface area contributed by atoms with Crippen molar-refractivity contribution in [2.24, 2.45) is 16.9 Å². The average molecular weight is 243 g/mol. The van der Waals surface area contributed by atoms with Crippen LogP contribution < -0.4 is 11.5 Å². The van der Waals surface area contributed by atoms with E-state index in [0.717, 1.165) is 12.8 Å². The van der Waals surface area contributed by atoms with Crippen LogP contribution in [0.4, 0.5) is 8.78 Å². The fourth-order valence-electron chi connectivity index (χ4n) is 2.02. The van der Waals surface area contributed by atoms with Gasteiger partial charge in [-0.15, -0.1) is 12.4 Å². The van der Waals surface area contributed by atoms with E-state index in [0.29, 0.717) is 12.8 Å². The third kappa shape index (κ3) is 2.80. The minimum absolute atomic E-state index is 0.